The van der Waals surface area contributed by atoms with E-state index in [-0.39, 0.29) is 22.1 Å². The number of nitro benzene ring substituents is 1. The lowest BCUT2D eigenvalue weighted by atomic mass is 10.0. The molecule has 1 fully saturated rings. The summed E-state index contributed by atoms with van der Waals surface area (Å²) in [6.07, 6.45) is -2.43. The molecule has 0 heterocycles. The lowest BCUT2D eigenvalue weighted by Crippen LogP contribution is -2.35. The number of hydrogen-bond acceptors (Lipinski definition) is 5. The van der Waals surface area contributed by atoms with Gasteiger partial charge in [-0.15, -0.1) is 0 Å². The lowest BCUT2D eigenvalue weighted by molar-refractivity contribution is -0.385. The molecule has 31 heavy (non-hydrogen) atoms. The molecule has 0 aliphatic heterocycles. The third-order valence-electron chi connectivity index (χ3n) is 5.07. The Labute approximate surface area is 176 Å². The SMILES string of the molecule is CC(c1cccc(C(F)(F)F)c1)N(C(=O)c1cc([N+](=O)[O-])cc(S(C)(=O)=O)c1)C1CC1. The van der Waals surface area contributed by atoms with Crippen molar-refractivity contribution in [3.05, 3.63) is 69.3 Å². The van der Waals surface area contributed by atoms with Crippen LogP contribution in [0.15, 0.2) is 47.4 Å². The van der Waals surface area contributed by atoms with Gasteiger partial charge in [-0.2, -0.15) is 13.2 Å². The number of non-ortho nitro benzene ring substituents is 1. The van der Waals surface area contributed by atoms with Crippen LogP contribution in [0.1, 0.15) is 47.3 Å². The second kappa shape index (κ2) is 7.95. The Morgan fingerprint density at radius 3 is 2.35 bits per heavy atom. The van der Waals surface area contributed by atoms with E-state index >= 15 is 0 Å². The van der Waals surface area contributed by atoms with Crippen molar-refractivity contribution in [1.29, 1.82) is 0 Å². The van der Waals surface area contributed by atoms with E-state index in [1.54, 1.807) is 6.92 Å². The summed E-state index contributed by atoms with van der Waals surface area (Å²) in [5, 5.41) is 11.2. The molecular weight excluding hydrogens is 437 g/mol. The Morgan fingerprint density at radius 1 is 1.19 bits per heavy atom. The van der Waals surface area contributed by atoms with Crippen LogP contribution < -0.4 is 0 Å². The van der Waals surface area contributed by atoms with Gasteiger partial charge >= 0.3 is 6.18 Å². The smallest absolute Gasteiger partial charge is 0.329 e. The van der Waals surface area contributed by atoms with Gasteiger partial charge in [0, 0.05) is 30.0 Å². The molecule has 1 amide bonds. The number of nitrogens with zero attached hydrogens (tertiary/aromatic N) is 2. The maximum absolute atomic E-state index is 13.3. The second-order valence-corrected chi connectivity index (χ2v) is 9.50. The van der Waals surface area contributed by atoms with Gasteiger partial charge in [0.25, 0.3) is 11.6 Å². The molecule has 7 nitrogen and oxygen atoms in total. The van der Waals surface area contributed by atoms with Crippen LogP contribution in [-0.4, -0.2) is 36.4 Å². The number of halogens is 3. The molecule has 0 aromatic heterocycles. The van der Waals surface area contributed by atoms with E-state index < -0.39 is 44.1 Å². The molecule has 3 rings (SSSR count). The van der Waals surface area contributed by atoms with Gasteiger partial charge in [0.2, 0.25) is 0 Å². The van der Waals surface area contributed by atoms with Crippen LogP contribution in [0.3, 0.4) is 0 Å². The van der Waals surface area contributed by atoms with Crippen molar-refractivity contribution in [1.82, 2.24) is 4.90 Å². The quantitative estimate of drug-likeness (QED) is 0.475. The molecule has 0 saturated heterocycles. The third-order valence-corrected chi connectivity index (χ3v) is 6.16. The first-order valence-corrected chi connectivity index (χ1v) is 11.2. The van der Waals surface area contributed by atoms with E-state index in [2.05, 4.69) is 0 Å². The van der Waals surface area contributed by atoms with Crippen LogP contribution in [0.4, 0.5) is 18.9 Å². The highest BCUT2D eigenvalue weighted by Crippen LogP contribution is 2.38. The van der Waals surface area contributed by atoms with Gasteiger partial charge in [-0.1, -0.05) is 12.1 Å². The van der Waals surface area contributed by atoms with E-state index in [1.807, 2.05) is 0 Å². The summed E-state index contributed by atoms with van der Waals surface area (Å²) in [5.41, 5.74) is -1.37. The highest BCUT2D eigenvalue weighted by Gasteiger charge is 2.38. The maximum Gasteiger partial charge on any atom is 0.416 e. The van der Waals surface area contributed by atoms with Gasteiger partial charge in [0.05, 0.1) is 21.4 Å². The summed E-state index contributed by atoms with van der Waals surface area (Å²) in [4.78, 5) is 24.7. The minimum absolute atomic E-state index is 0.208. The van der Waals surface area contributed by atoms with E-state index in [1.165, 1.54) is 17.0 Å². The zero-order chi connectivity index (χ0) is 23.1. The minimum atomic E-state index is -4.55. The van der Waals surface area contributed by atoms with Crippen LogP contribution in [0.2, 0.25) is 0 Å². The Hall–Kier alpha value is -2.95. The van der Waals surface area contributed by atoms with Gasteiger partial charge in [0.1, 0.15) is 0 Å². The molecule has 1 aliphatic carbocycles. The fraction of sp³-hybridized carbons (Fsp3) is 0.350. The number of hydrogen-bond donors (Lipinski definition) is 0. The van der Waals surface area contributed by atoms with Crippen molar-refractivity contribution in [2.45, 2.75) is 42.9 Å². The fourth-order valence-electron chi connectivity index (χ4n) is 3.32. The van der Waals surface area contributed by atoms with Crippen LogP contribution >= 0.6 is 0 Å². The molecule has 166 valence electrons. The van der Waals surface area contributed by atoms with Crippen molar-refractivity contribution < 1.29 is 31.3 Å². The van der Waals surface area contributed by atoms with E-state index in [4.69, 9.17) is 0 Å². The van der Waals surface area contributed by atoms with Crippen LogP contribution in [-0.2, 0) is 16.0 Å². The summed E-state index contributed by atoms with van der Waals surface area (Å²) in [5.74, 6) is -0.680. The van der Waals surface area contributed by atoms with E-state index in [0.717, 1.165) is 36.6 Å². The summed E-state index contributed by atoms with van der Waals surface area (Å²) in [6.45, 7) is 1.57. The summed E-state index contributed by atoms with van der Waals surface area (Å²) < 4.78 is 63.2. The van der Waals surface area contributed by atoms with E-state index in [9.17, 15) is 36.5 Å². The molecule has 0 radical (unpaired) electrons. The van der Waals surface area contributed by atoms with Gasteiger partial charge < -0.3 is 4.90 Å². The monoisotopic (exact) mass is 456 g/mol. The summed E-state index contributed by atoms with van der Waals surface area (Å²) >= 11 is 0. The Bertz CT molecular complexity index is 1140. The summed E-state index contributed by atoms with van der Waals surface area (Å²) in [6, 6.07) is 6.49. The molecule has 1 saturated carbocycles. The molecule has 1 unspecified atom stereocenters. The number of alkyl halides is 3. The van der Waals surface area contributed by atoms with Crippen molar-refractivity contribution in [2.75, 3.05) is 6.26 Å². The average Bonchev–Trinajstić information content (AvgIpc) is 3.51. The number of nitro groups is 1. The van der Waals surface area contributed by atoms with Crippen molar-refractivity contribution in [3.63, 3.8) is 0 Å². The first kappa shape index (κ1) is 22.7. The average molecular weight is 456 g/mol. The number of amides is 1. The maximum atomic E-state index is 13.3. The molecule has 2 aromatic rings. The molecular formula is C20H19F3N2O5S. The Balaban J connectivity index is 2.04. The van der Waals surface area contributed by atoms with Crippen LogP contribution in [0.5, 0.6) is 0 Å². The predicted octanol–water partition coefficient (Wildman–Crippen LogP) is 4.38. The Morgan fingerprint density at radius 2 is 1.84 bits per heavy atom. The number of carbonyl (C=O) groups is 1. The summed E-state index contributed by atoms with van der Waals surface area (Å²) in [7, 11) is -3.84. The zero-order valence-electron chi connectivity index (χ0n) is 16.6. The van der Waals surface area contributed by atoms with Crippen molar-refractivity contribution >= 4 is 21.4 Å². The van der Waals surface area contributed by atoms with Crippen molar-refractivity contribution in [3.8, 4) is 0 Å². The van der Waals surface area contributed by atoms with Gasteiger partial charge in [-0.05, 0) is 43.5 Å². The normalized spacial score (nSPS) is 15.4. The van der Waals surface area contributed by atoms with Crippen LogP contribution in [0, 0.1) is 10.1 Å². The first-order chi connectivity index (χ1) is 14.3. The van der Waals surface area contributed by atoms with E-state index in [0.29, 0.717) is 12.8 Å². The number of sulfone groups is 1. The standard InChI is InChI=1S/C20H19F3N2O5S/c1-12(13-4-3-5-15(8-13)20(21,22)23)24(16-6-7-16)19(26)14-9-17(25(27)28)11-18(10-14)31(2,29)30/h3-5,8-12,16H,6-7H2,1-2H3. The highest BCUT2D eigenvalue weighted by atomic mass is 32.2. The highest BCUT2D eigenvalue weighted by molar-refractivity contribution is 7.90. The lowest BCUT2D eigenvalue weighted by Gasteiger charge is -2.30. The van der Waals surface area contributed by atoms with Gasteiger partial charge in [-0.25, -0.2) is 8.42 Å². The molecule has 1 atom stereocenters. The molecule has 1 aliphatic rings. The number of carbonyl (C=O) groups excluding carboxylic acids is 1. The number of rotatable bonds is 6. The molecule has 11 heteroatoms. The fourth-order valence-corrected chi connectivity index (χ4v) is 4.00. The predicted molar refractivity (Wildman–Crippen MR) is 105 cm³/mol. The largest absolute Gasteiger partial charge is 0.416 e. The molecule has 0 bridgehead atoms. The molecule has 0 spiro atoms. The topological polar surface area (TPSA) is 97.6 Å². The number of benzene rings is 2. The molecule has 2 aromatic carbocycles. The second-order valence-electron chi connectivity index (χ2n) is 7.49. The van der Waals surface area contributed by atoms with Gasteiger partial charge in [0.15, 0.2) is 9.84 Å². The zero-order valence-corrected chi connectivity index (χ0v) is 17.4. The molecule has 0 N–H and O–H groups in total. The van der Waals surface area contributed by atoms with Gasteiger partial charge in [-0.3, -0.25) is 14.9 Å². The van der Waals surface area contributed by atoms with Crippen molar-refractivity contribution in [2.24, 2.45) is 0 Å². The third kappa shape index (κ3) is 5.04. The minimum Gasteiger partial charge on any atom is -0.329 e. The first-order valence-electron chi connectivity index (χ1n) is 9.28. The Kier molecular flexibility index (Phi) is 5.83. The van der Waals surface area contributed by atoms with Crippen LogP contribution in [0.25, 0.3) is 0 Å².